The molecule has 1 aliphatic rings. The predicted molar refractivity (Wildman–Crippen MR) is 86.3 cm³/mol. The molecular formula is C13H14Cl2F4NO4P. The van der Waals surface area contributed by atoms with E-state index in [9.17, 15) is 17.6 Å². The summed E-state index contributed by atoms with van der Waals surface area (Å²) in [6, 6.07) is 7.42. The molecule has 142 valence electrons. The second kappa shape index (κ2) is 6.18. The summed E-state index contributed by atoms with van der Waals surface area (Å²) in [7, 11) is -3.47. The van der Waals surface area contributed by atoms with Gasteiger partial charge in [-0.05, 0) is 0 Å². The van der Waals surface area contributed by atoms with Crippen molar-refractivity contribution in [2.75, 3.05) is 21.3 Å². The van der Waals surface area contributed by atoms with Crippen molar-refractivity contribution in [3.8, 4) is 0 Å². The SMILES string of the molecule is COP1(OC)(OC)OC(c2ccccc2)=NC1(C(F)(F)Cl)C(F)(F)Cl. The first-order chi connectivity index (χ1) is 11.4. The number of rotatable bonds is 6. The molecule has 25 heavy (non-hydrogen) atoms. The summed E-state index contributed by atoms with van der Waals surface area (Å²) < 4.78 is 77.6. The van der Waals surface area contributed by atoms with Crippen molar-refractivity contribution in [2.45, 2.75) is 16.0 Å². The van der Waals surface area contributed by atoms with Gasteiger partial charge in [0.1, 0.15) is 0 Å². The molecule has 0 N–H and O–H groups in total. The summed E-state index contributed by atoms with van der Waals surface area (Å²) in [5.41, 5.74) is 0.0892. The standard InChI is InChI=1S/C13H14Cl2F4NO4P/c1-21-25(22-2,23-3)11(12(14,16)17,13(15,18)19)20-10(24-25)9-7-5-4-6-8-9/h4-8H,1-3H3. The number of nitrogens with zero attached hydrogens (tertiary/aromatic N) is 1. The Morgan fingerprint density at radius 1 is 0.960 bits per heavy atom. The van der Waals surface area contributed by atoms with E-state index in [0.29, 0.717) is 0 Å². The third kappa shape index (κ3) is 2.56. The molecule has 1 aromatic carbocycles. The molecule has 0 bridgehead atoms. The average molecular weight is 426 g/mol. The number of aliphatic imine (C=N–C) groups is 1. The van der Waals surface area contributed by atoms with Crippen molar-refractivity contribution in [3.63, 3.8) is 0 Å². The molecule has 0 saturated carbocycles. The van der Waals surface area contributed by atoms with Crippen LogP contribution in [0.2, 0.25) is 0 Å². The van der Waals surface area contributed by atoms with E-state index in [4.69, 9.17) is 41.3 Å². The van der Waals surface area contributed by atoms with E-state index < -0.39 is 29.5 Å². The van der Waals surface area contributed by atoms with Crippen LogP contribution in [0, 0.1) is 0 Å². The number of hydrogen-bond donors (Lipinski definition) is 0. The van der Waals surface area contributed by atoms with Crippen LogP contribution >= 0.6 is 30.7 Å². The Morgan fingerprint density at radius 3 is 1.72 bits per heavy atom. The Hall–Kier alpha value is -0.700. The fourth-order valence-corrected chi connectivity index (χ4v) is 6.92. The second-order valence-electron chi connectivity index (χ2n) is 4.90. The van der Waals surface area contributed by atoms with E-state index in [1.165, 1.54) is 24.3 Å². The van der Waals surface area contributed by atoms with Gasteiger partial charge in [-0.1, -0.05) is 0 Å². The molecular weight excluding hydrogens is 412 g/mol. The summed E-state index contributed by atoms with van der Waals surface area (Å²) in [4.78, 5) is 3.38. The van der Waals surface area contributed by atoms with Crippen LogP contribution < -0.4 is 0 Å². The molecule has 0 atom stereocenters. The minimum atomic E-state index is -5.87. The number of alkyl halides is 6. The fourth-order valence-electron chi connectivity index (χ4n) is 2.60. The number of hydrogen-bond acceptors (Lipinski definition) is 5. The molecule has 1 aliphatic heterocycles. The van der Waals surface area contributed by atoms with Crippen LogP contribution in [0.5, 0.6) is 0 Å². The van der Waals surface area contributed by atoms with Gasteiger partial charge in [0.15, 0.2) is 0 Å². The summed E-state index contributed by atoms with van der Waals surface area (Å²) in [6.45, 7) is 0. The van der Waals surface area contributed by atoms with Gasteiger partial charge in [-0.15, -0.1) is 0 Å². The Kier molecular flexibility index (Phi) is 5.09. The van der Waals surface area contributed by atoms with Gasteiger partial charge in [-0.25, -0.2) is 0 Å². The molecule has 0 aliphatic carbocycles. The van der Waals surface area contributed by atoms with Gasteiger partial charge < -0.3 is 0 Å². The van der Waals surface area contributed by atoms with Crippen molar-refractivity contribution >= 4 is 36.6 Å². The van der Waals surface area contributed by atoms with Gasteiger partial charge >= 0.3 is 151 Å². The van der Waals surface area contributed by atoms with E-state index in [0.717, 1.165) is 21.3 Å². The maximum absolute atomic E-state index is 14.4. The summed E-state index contributed by atoms with van der Waals surface area (Å²) in [5.74, 6) is -0.635. The molecule has 0 saturated heterocycles. The van der Waals surface area contributed by atoms with E-state index in [2.05, 4.69) is 4.99 Å². The van der Waals surface area contributed by atoms with Gasteiger partial charge in [0, 0.05) is 0 Å². The zero-order valence-electron chi connectivity index (χ0n) is 13.2. The Bertz CT molecular complexity index is 652. The molecule has 1 heterocycles. The van der Waals surface area contributed by atoms with Crippen LogP contribution in [0.15, 0.2) is 35.3 Å². The Balaban J connectivity index is 2.92. The van der Waals surface area contributed by atoms with Crippen molar-refractivity contribution in [3.05, 3.63) is 35.9 Å². The second-order valence-corrected chi connectivity index (χ2v) is 9.40. The molecule has 0 fully saturated rings. The molecule has 0 aromatic heterocycles. The van der Waals surface area contributed by atoms with Crippen LogP contribution in [0.4, 0.5) is 17.6 Å². The summed E-state index contributed by atoms with van der Waals surface area (Å²) >= 11 is 10.1. The average Bonchev–Trinajstić information content (AvgIpc) is 2.90. The molecule has 0 spiro atoms. The first kappa shape index (κ1) is 20.6. The van der Waals surface area contributed by atoms with Crippen LogP contribution in [0.3, 0.4) is 0 Å². The minimum absolute atomic E-state index is 0.0892. The molecule has 0 radical (unpaired) electrons. The monoisotopic (exact) mass is 425 g/mol. The van der Waals surface area contributed by atoms with Crippen molar-refractivity contribution in [1.82, 2.24) is 0 Å². The molecule has 2 rings (SSSR count). The van der Waals surface area contributed by atoms with Gasteiger partial charge in [-0.2, -0.15) is 0 Å². The first-order valence-corrected chi connectivity index (χ1v) is 9.29. The van der Waals surface area contributed by atoms with Gasteiger partial charge in [-0.3, -0.25) is 0 Å². The maximum atomic E-state index is 14.4. The summed E-state index contributed by atoms with van der Waals surface area (Å²) in [6.07, 6.45) is 0. The number of halogens is 6. The molecule has 0 unspecified atom stereocenters. The van der Waals surface area contributed by atoms with E-state index in [1.807, 2.05) is 0 Å². The Labute approximate surface area is 151 Å². The third-order valence-electron chi connectivity index (χ3n) is 3.79. The van der Waals surface area contributed by atoms with Crippen LogP contribution in [0.25, 0.3) is 0 Å². The molecule has 1 aromatic rings. The van der Waals surface area contributed by atoms with E-state index >= 15 is 0 Å². The van der Waals surface area contributed by atoms with Gasteiger partial charge in [0.05, 0.1) is 0 Å². The van der Waals surface area contributed by atoms with Crippen LogP contribution in [-0.4, -0.2) is 43.3 Å². The van der Waals surface area contributed by atoms with Crippen molar-refractivity contribution < 1.29 is 35.7 Å². The van der Waals surface area contributed by atoms with E-state index in [-0.39, 0.29) is 5.56 Å². The van der Waals surface area contributed by atoms with E-state index in [1.54, 1.807) is 6.07 Å². The van der Waals surface area contributed by atoms with Gasteiger partial charge in [0.25, 0.3) is 0 Å². The normalized spacial score (nSPS) is 23.2. The fraction of sp³-hybridized carbons (Fsp3) is 0.462. The third-order valence-corrected chi connectivity index (χ3v) is 8.70. The number of benzene rings is 1. The zero-order valence-corrected chi connectivity index (χ0v) is 15.6. The van der Waals surface area contributed by atoms with Crippen LogP contribution in [-0.2, 0) is 18.1 Å². The Morgan fingerprint density at radius 2 is 1.40 bits per heavy atom. The quantitative estimate of drug-likeness (QED) is 0.366. The van der Waals surface area contributed by atoms with Gasteiger partial charge in [0.2, 0.25) is 0 Å². The van der Waals surface area contributed by atoms with Crippen molar-refractivity contribution in [1.29, 1.82) is 0 Å². The predicted octanol–water partition coefficient (Wildman–Crippen LogP) is 4.98. The molecule has 12 heteroatoms. The van der Waals surface area contributed by atoms with Crippen LogP contribution in [0.1, 0.15) is 5.56 Å². The summed E-state index contributed by atoms with van der Waals surface area (Å²) in [5, 5.41) is -13.5. The topological polar surface area (TPSA) is 49.3 Å². The first-order valence-electron chi connectivity index (χ1n) is 6.62. The molecule has 0 amide bonds. The zero-order chi connectivity index (χ0) is 19.2. The van der Waals surface area contributed by atoms with Crippen molar-refractivity contribution in [2.24, 2.45) is 4.99 Å². The molecule has 5 nitrogen and oxygen atoms in total.